The lowest BCUT2D eigenvalue weighted by Gasteiger charge is -2.14. The molecule has 0 unspecified atom stereocenters. The summed E-state index contributed by atoms with van der Waals surface area (Å²) >= 11 is 0. The van der Waals surface area contributed by atoms with Crippen LogP contribution in [-0.4, -0.2) is 42.3 Å². The van der Waals surface area contributed by atoms with Crippen molar-refractivity contribution >= 4 is 33.1 Å². The van der Waals surface area contributed by atoms with Crippen LogP contribution in [0.2, 0.25) is 0 Å². The first kappa shape index (κ1) is 20.5. The number of anilines is 3. The molecule has 4 rings (SSSR count). The van der Waals surface area contributed by atoms with Gasteiger partial charge < -0.3 is 20.1 Å². The molecule has 160 valence electrons. The van der Waals surface area contributed by atoms with Gasteiger partial charge in [0.05, 0.1) is 17.6 Å². The van der Waals surface area contributed by atoms with Crippen LogP contribution in [0.4, 0.5) is 17.3 Å². The van der Waals surface area contributed by atoms with Crippen molar-refractivity contribution in [1.29, 1.82) is 0 Å². The van der Waals surface area contributed by atoms with Gasteiger partial charge >= 0.3 is 0 Å². The van der Waals surface area contributed by atoms with Gasteiger partial charge in [0.1, 0.15) is 11.6 Å². The molecule has 31 heavy (non-hydrogen) atoms. The fraction of sp³-hybridized carbons (Fsp3) is 0.200. The molecule has 2 N–H and O–H groups in total. The summed E-state index contributed by atoms with van der Waals surface area (Å²) in [6, 6.07) is 6.54. The maximum atomic E-state index is 12.0. The lowest BCUT2D eigenvalue weighted by molar-refractivity contribution is -0.114. The van der Waals surface area contributed by atoms with Gasteiger partial charge in [0.2, 0.25) is 12.7 Å². The van der Waals surface area contributed by atoms with Gasteiger partial charge in [0.25, 0.3) is 0 Å². The molecular formula is C20H19N5O5S. The summed E-state index contributed by atoms with van der Waals surface area (Å²) in [5.74, 6) is 1.45. The number of hydrogen-bond donors (Lipinski definition) is 2. The minimum absolute atomic E-state index is 0.0473. The van der Waals surface area contributed by atoms with E-state index < -0.39 is 9.84 Å². The van der Waals surface area contributed by atoms with Crippen LogP contribution in [0.1, 0.15) is 12.5 Å². The molecule has 1 aliphatic rings. The summed E-state index contributed by atoms with van der Waals surface area (Å²) in [7, 11) is -3.50. The number of aromatic nitrogens is 3. The third-order valence-electron chi connectivity index (χ3n) is 4.33. The highest BCUT2D eigenvalue weighted by Crippen LogP contribution is 2.37. The Labute approximate surface area is 178 Å². The van der Waals surface area contributed by atoms with Crippen molar-refractivity contribution in [3.63, 3.8) is 0 Å². The molecule has 0 aromatic carbocycles. The summed E-state index contributed by atoms with van der Waals surface area (Å²) < 4.78 is 34.7. The third-order valence-corrected chi connectivity index (χ3v) is 5.30. The molecule has 11 heteroatoms. The highest BCUT2D eigenvalue weighted by atomic mass is 32.2. The average molecular weight is 441 g/mol. The molecule has 3 aromatic rings. The van der Waals surface area contributed by atoms with Crippen LogP contribution in [0.3, 0.4) is 0 Å². The Morgan fingerprint density at radius 3 is 2.55 bits per heavy atom. The maximum absolute atomic E-state index is 12.0. The van der Waals surface area contributed by atoms with Crippen molar-refractivity contribution in [2.45, 2.75) is 18.9 Å². The summed E-state index contributed by atoms with van der Waals surface area (Å²) in [5, 5.41) is 5.71. The molecule has 0 saturated carbocycles. The van der Waals surface area contributed by atoms with E-state index in [0.717, 1.165) is 11.8 Å². The van der Waals surface area contributed by atoms with Crippen molar-refractivity contribution in [3.05, 3.63) is 42.2 Å². The monoisotopic (exact) mass is 441 g/mol. The molecule has 1 aliphatic heterocycles. The van der Waals surface area contributed by atoms with Crippen LogP contribution in [0.5, 0.6) is 11.5 Å². The normalized spacial score (nSPS) is 12.5. The number of ether oxygens (including phenoxy) is 2. The van der Waals surface area contributed by atoms with Gasteiger partial charge in [-0.25, -0.2) is 18.4 Å². The van der Waals surface area contributed by atoms with Crippen molar-refractivity contribution in [2.24, 2.45) is 0 Å². The molecule has 4 heterocycles. The van der Waals surface area contributed by atoms with E-state index in [9.17, 15) is 13.2 Å². The Kier molecular flexibility index (Phi) is 5.19. The molecule has 0 spiro atoms. The third kappa shape index (κ3) is 4.56. The number of nitrogens with one attached hydrogen (secondary N) is 2. The highest BCUT2D eigenvalue weighted by molar-refractivity contribution is 7.90. The summed E-state index contributed by atoms with van der Waals surface area (Å²) in [6.45, 7) is 3.27. The van der Waals surface area contributed by atoms with Crippen molar-refractivity contribution < 1.29 is 22.7 Å². The molecule has 0 bridgehead atoms. The van der Waals surface area contributed by atoms with E-state index in [1.807, 2.05) is 0 Å². The smallest absolute Gasteiger partial charge is 0.231 e. The second-order valence-corrected chi connectivity index (χ2v) is 8.95. The first-order chi connectivity index (χ1) is 14.7. The van der Waals surface area contributed by atoms with E-state index >= 15 is 0 Å². The molecule has 0 fully saturated rings. The highest BCUT2D eigenvalue weighted by Gasteiger charge is 2.18. The standard InChI is InChI=1S/C20H19N5O5S/c1-11-4-19(25-20(5-11)31(3,27)28)24-15-7-18(23-12(2)26)22-8-13(15)14-6-16-17(9-21-14)30-10-29-16/h4-9H,10H2,1-3H3,(H2,22,23,24,25,26). The second-order valence-electron chi connectivity index (χ2n) is 6.98. The molecule has 0 aliphatic carbocycles. The largest absolute Gasteiger partial charge is 0.453 e. The SMILES string of the molecule is CC(=O)Nc1cc(Nc2cc(C)cc(S(C)(=O)=O)n2)c(-c2cc3c(cn2)OCO3)cn1. The number of pyridine rings is 3. The summed E-state index contributed by atoms with van der Waals surface area (Å²) in [5.41, 5.74) is 2.38. The van der Waals surface area contributed by atoms with Crippen LogP contribution in [0.15, 0.2) is 41.7 Å². The number of aryl methyl sites for hydroxylation is 1. The maximum Gasteiger partial charge on any atom is 0.231 e. The minimum atomic E-state index is -3.50. The fourth-order valence-corrected chi connectivity index (χ4v) is 3.65. The van der Waals surface area contributed by atoms with E-state index in [4.69, 9.17) is 9.47 Å². The van der Waals surface area contributed by atoms with Crippen LogP contribution in [0.25, 0.3) is 11.3 Å². The van der Waals surface area contributed by atoms with Gasteiger partial charge in [-0.3, -0.25) is 9.78 Å². The molecule has 0 saturated heterocycles. The molecule has 1 amide bonds. The van der Waals surface area contributed by atoms with Gasteiger partial charge in [-0.05, 0) is 24.6 Å². The Morgan fingerprint density at radius 2 is 1.81 bits per heavy atom. The van der Waals surface area contributed by atoms with Crippen molar-refractivity contribution in [2.75, 3.05) is 23.7 Å². The number of carbonyl (C=O) groups excluding carboxylic acids is 1. The van der Waals surface area contributed by atoms with Crippen LogP contribution >= 0.6 is 0 Å². The number of nitrogens with zero attached hydrogens (tertiary/aromatic N) is 3. The van der Waals surface area contributed by atoms with Gasteiger partial charge in [0.15, 0.2) is 26.4 Å². The number of sulfone groups is 1. The number of amides is 1. The number of rotatable bonds is 5. The van der Waals surface area contributed by atoms with E-state index in [-0.39, 0.29) is 17.7 Å². The second kappa shape index (κ2) is 7.84. The zero-order valence-electron chi connectivity index (χ0n) is 17.0. The molecular weight excluding hydrogens is 422 g/mol. The Morgan fingerprint density at radius 1 is 1.03 bits per heavy atom. The Balaban J connectivity index is 1.80. The lowest BCUT2D eigenvalue weighted by atomic mass is 10.1. The fourth-order valence-electron chi connectivity index (χ4n) is 2.99. The zero-order chi connectivity index (χ0) is 22.2. The molecule has 3 aromatic heterocycles. The average Bonchev–Trinajstić information content (AvgIpc) is 3.14. The summed E-state index contributed by atoms with van der Waals surface area (Å²) in [4.78, 5) is 24.3. The predicted molar refractivity (Wildman–Crippen MR) is 113 cm³/mol. The van der Waals surface area contributed by atoms with Crippen LogP contribution in [0, 0.1) is 6.92 Å². The predicted octanol–water partition coefficient (Wildman–Crippen LogP) is 2.68. The number of carbonyl (C=O) groups is 1. The Bertz CT molecular complexity index is 1290. The van der Waals surface area contributed by atoms with Crippen LogP contribution in [-0.2, 0) is 14.6 Å². The number of hydrogen-bond acceptors (Lipinski definition) is 9. The van der Waals surface area contributed by atoms with Gasteiger partial charge in [-0.1, -0.05) is 0 Å². The molecule has 0 atom stereocenters. The van der Waals surface area contributed by atoms with E-state index in [1.54, 1.807) is 37.5 Å². The lowest BCUT2D eigenvalue weighted by Crippen LogP contribution is -2.09. The quantitative estimate of drug-likeness (QED) is 0.613. The Hall–Kier alpha value is -3.73. The van der Waals surface area contributed by atoms with Gasteiger partial charge in [-0.2, -0.15) is 0 Å². The van der Waals surface area contributed by atoms with Gasteiger partial charge in [0, 0.05) is 37.1 Å². The summed E-state index contributed by atoms with van der Waals surface area (Å²) in [6.07, 6.45) is 4.20. The van der Waals surface area contributed by atoms with Gasteiger partial charge in [-0.15, -0.1) is 0 Å². The molecule has 0 radical (unpaired) electrons. The number of fused-ring (bicyclic) bond motifs is 1. The van der Waals surface area contributed by atoms with E-state index in [2.05, 4.69) is 25.6 Å². The zero-order valence-corrected chi connectivity index (χ0v) is 17.8. The van der Waals surface area contributed by atoms with Crippen molar-refractivity contribution in [3.8, 4) is 22.8 Å². The topological polar surface area (TPSA) is 132 Å². The first-order valence-electron chi connectivity index (χ1n) is 9.18. The minimum Gasteiger partial charge on any atom is -0.453 e. The van der Waals surface area contributed by atoms with Crippen LogP contribution < -0.4 is 20.1 Å². The van der Waals surface area contributed by atoms with Crippen molar-refractivity contribution in [1.82, 2.24) is 15.0 Å². The van der Waals surface area contributed by atoms with E-state index in [1.165, 1.54) is 13.0 Å². The molecule has 10 nitrogen and oxygen atoms in total. The van der Waals surface area contributed by atoms with E-state index in [0.29, 0.717) is 40.1 Å². The first-order valence-corrected chi connectivity index (χ1v) is 11.1.